The number of carbonyl (C=O) groups is 1. The molecule has 1 saturated heterocycles. The molecule has 1 atom stereocenters. The van der Waals surface area contributed by atoms with Gasteiger partial charge in [0.05, 0.1) is 19.8 Å². The highest BCUT2D eigenvalue weighted by molar-refractivity contribution is 7.11. The highest BCUT2D eigenvalue weighted by Crippen LogP contribution is 2.25. The van der Waals surface area contributed by atoms with Crippen molar-refractivity contribution in [2.45, 2.75) is 38.8 Å². The molecule has 1 aliphatic rings. The third kappa shape index (κ3) is 3.95. The van der Waals surface area contributed by atoms with Crippen molar-refractivity contribution in [3.63, 3.8) is 0 Å². The van der Waals surface area contributed by atoms with E-state index in [1.807, 2.05) is 0 Å². The van der Waals surface area contributed by atoms with Crippen molar-refractivity contribution in [3.8, 4) is 0 Å². The molecule has 0 bridgehead atoms. The molecule has 19 heavy (non-hydrogen) atoms. The van der Waals surface area contributed by atoms with Gasteiger partial charge < -0.3 is 15.4 Å². The standard InChI is InChI=1S/C12H20N4O2S/c1-12(2,3)11-16-15-9(19-11)6-14-10(17)8-7-18-5-4-13-8/h8,13H,4-7H2,1-3H3,(H,14,17). The Bertz CT molecular complexity index is 435. The summed E-state index contributed by atoms with van der Waals surface area (Å²) in [5.41, 5.74) is -0.00130. The lowest BCUT2D eigenvalue weighted by atomic mass is 9.98. The van der Waals surface area contributed by atoms with Crippen LogP contribution < -0.4 is 10.6 Å². The number of ether oxygens (including phenoxy) is 1. The van der Waals surface area contributed by atoms with Crippen molar-refractivity contribution < 1.29 is 9.53 Å². The van der Waals surface area contributed by atoms with E-state index in [-0.39, 0.29) is 17.4 Å². The Labute approximate surface area is 116 Å². The minimum Gasteiger partial charge on any atom is -0.378 e. The van der Waals surface area contributed by atoms with Crippen molar-refractivity contribution in [2.75, 3.05) is 19.8 Å². The summed E-state index contributed by atoms with van der Waals surface area (Å²) in [4.78, 5) is 11.9. The second-order valence-corrected chi connectivity index (χ2v) is 6.61. The SMILES string of the molecule is CC(C)(C)c1nnc(CNC(=O)C2COCCN2)s1. The number of aromatic nitrogens is 2. The molecule has 1 amide bonds. The molecule has 2 heterocycles. The molecule has 1 fully saturated rings. The molecule has 0 saturated carbocycles. The highest BCUT2D eigenvalue weighted by atomic mass is 32.1. The number of morpholine rings is 1. The fraction of sp³-hybridized carbons (Fsp3) is 0.750. The van der Waals surface area contributed by atoms with E-state index in [2.05, 4.69) is 41.6 Å². The first-order chi connectivity index (χ1) is 8.97. The lowest BCUT2D eigenvalue weighted by Crippen LogP contribution is -2.51. The molecule has 1 aromatic heterocycles. The van der Waals surface area contributed by atoms with Gasteiger partial charge in [-0.25, -0.2) is 0 Å². The topological polar surface area (TPSA) is 76.1 Å². The molecule has 0 aliphatic carbocycles. The van der Waals surface area contributed by atoms with Gasteiger partial charge in [0.2, 0.25) is 5.91 Å². The molecular formula is C12H20N4O2S. The molecule has 106 valence electrons. The quantitative estimate of drug-likeness (QED) is 0.842. The lowest BCUT2D eigenvalue weighted by molar-refractivity contribution is -0.126. The maximum atomic E-state index is 11.9. The monoisotopic (exact) mass is 284 g/mol. The van der Waals surface area contributed by atoms with Crippen LogP contribution in [0.4, 0.5) is 0 Å². The van der Waals surface area contributed by atoms with Crippen LogP contribution in [0.5, 0.6) is 0 Å². The predicted molar refractivity (Wildman–Crippen MR) is 73.1 cm³/mol. The maximum Gasteiger partial charge on any atom is 0.239 e. The van der Waals surface area contributed by atoms with E-state index in [0.29, 0.717) is 26.3 Å². The molecule has 1 aliphatic heterocycles. The molecule has 7 heteroatoms. The van der Waals surface area contributed by atoms with Crippen molar-refractivity contribution in [1.82, 2.24) is 20.8 Å². The van der Waals surface area contributed by atoms with E-state index in [1.165, 1.54) is 11.3 Å². The molecule has 0 spiro atoms. The summed E-state index contributed by atoms with van der Waals surface area (Å²) >= 11 is 1.54. The van der Waals surface area contributed by atoms with Crippen LogP contribution >= 0.6 is 11.3 Å². The van der Waals surface area contributed by atoms with Crippen LogP contribution in [0.2, 0.25) is 0 Å². The lowest BCUT2D eigenvalue weighted by Gasteiger charge is -2.22. The third-order valence-electron chi connectivity index (χ3n) is 2.76. The van der Waals surface area contributed by atoms with Crippen LogP contribution in [0.25, 0.3) is 0 Å². The number of rotatable bonds is 3. The summed E-state index contributed by atoms with van der Waals surface area (Å²) < 4.78 is 5.26. The first-order valence-electron chi connectivity index (χ1n) is 6.38. The van der Waals surface area contributed by atoms with Gasteiger partial charge in [-0.05, 0) is 0 Å². The van der Waals surface area contributed by atoms with Crippen molar-refractivity contribution in [3.05, 3.63) is 10.0 Å². The summed E-state index contributed by atoms with van der Waals surface area (Å²) in [7, 11) is 0. The largest absolute Gasteiger partial charge is 0.378 e. The zero-order valence-corrected chi connectivity index (χ0v) is 12.3. The first kappa shape index (κ1) is 14.4. The highest BCUT2D eigenvalue weighted by Gasteiger charge is 2.22. The molecule has 0 aromatic carbocycles. The number of hydrogen-bond donors (Lipinski definition) is 2. The zero-order valence-electron chi connectivity index (χ0n) is 11.5. The van der Waals surface area contributed by atoms with Gasteiger partial charge in [0.15, 0.2) is 0 Å². The third-order valence-corrected chi connectivity index (χ3v) is 4.11. The van der Waals surface area contributed by atoms with Crippen LogP contribution in [-0.4, -0.2) is 41.9 Å². The van der Waals surface area contributed by atoms with E-state index in [4.69, 9.17) is 4.74 Å². The summed E-state index contributed by atoms with van der Waals surface area (Å²) in [6, 6.07) is -0.260. The first-order valence-corrected chi connectivity index (χ1v) is 7.20. The van der Waals surface area contributed by atoms with Crippen molar-refractivity contribution in [2.24, 2.45) is 0 Å². The molecule has 1 unspecified atom stereocenters. The molecule has 6 nitrogen and oxygen atoms in total. The molecule has 2 rings (SSSR count). The van der Waals surface area contributed by atoms with Crippen LogP contribution in [0.3, 0.4) is 0 Å². The summed E-state index contributed by atoms with van der Waals surface area (Å²) in [5, 5.41) is 16.0. The zero-order chi connectivity index (χ0) is 13.9. The van der Waals surface area contributed by atoms with E-state index in [1.54, 1.807) is 0 Å². The Morgan fingerprint density at radius 1 is 1.53 bits per heavy atom. The Balaban J connectivity index is 1.85. The van der Waals surface area contributed by atoms with Crippen molar-refractivity contribution in [1.29, 1.82) is 0 Å². The van der Waals surface area contributed by atoms with Crippen molar-refractivity contribution >= 4 is 17.2 Å². The second kappa shape index (κ2) is 5.94. The van der Waals surface area contributed by atoms with E-state index >= 15 is 0 Å². The Morgan fingerprint density at radius 2 is 2.32 bits per heavy atom. The number of amides is 1. The van der Waals surface area contributed by atoms with Gasteiger partial charge in [-0.2, -0.15) is 0 Å². The van der Waals surface area contributed by atoms with Gasteiger partial charge >= 0.3 is 0 Å². The van der Waals surface area contributed by atoms with Gasteiger partial charge in [-0.15, -0.1) is 10.2 Å². The number of hydrogen-bond acceptors (Lipinski definition) is 6. The molecular weight excluding hydrogens is 264 g/mol. The average Bonchev–Trinajstić information content (AvgIpc) is 2.86. The smallest absolute Gasteiger partial charge is 0.239 e. The molecule has 0 radical (unpaired) electrons. The fourth-order valence-electron chi connectivity index (χ4n) is 1.65. The van der Waals surface area contributed by atoms with Gasteiger partial charge in [0, 0.05) is 12.0 Å². The predicted octanol–water partition coefficient (Wildman–Crippen LogP) is 0.440. The maximum absolute atomic E-state index is 11.9. The van der Waals surface area contributed by atoms with E-state index < -0.39 is 0 Å². The summed E-state index contributed by atoms with van der Waals surface area (Å²) in [5.74, 6) is -0.0489. The van der Waals surface area contributed by atoms with Crippen LogP contribution in [0.1, 0.15) is 30.8 Å². The summed E-state index contributed by atoms with van der Waals surface area (Å²) in [6.07, 6.45) is 0. The molecule has 2 N–H and O–H groups in total. The normalized spacial score (nSPS) is 20.3. The van der Waals surface area contributed by atoms with Crippen LogP contribution in [0, 0.1) is 0 Å². The van der Waals surface area contributed by atoms with Crippen LogP contribution in [-0.2, 0) is 21.5 Å². The van der Waals surface area contributed by atoms with E-state index in [0.717, 1.165) is 10.0 Å². The number of nitrogens with one attached hydrogen (secondary N) is 2. The van der Waals surface area contributed by atoms with Crippen LogP contribution in [0.15, 0.2) is 0 Å². The Hall–Kier alpha value is -1.05. The van der Waals surface area contributed by atoms with E-state index in [9.17, 15) is 4.79 Å². The minimum atomic E-state index is -0.260. The van der Waals surface area contributed by atoms with Gasteiger partial charge in [-0.1, -0.05) is 32.1 Å². The Morgan fingerprint density at radius 3 is 2.89 bits per heavy atom. The second-order valence-electron chi connectivity index (χ2n) is 5.55. The Kier molecular flexibility index (Phi) is 4.49. The molecule has 1 aromatic rings. The van der Waals surface area contributed by atoms with Gasteiger partial charge in [0.1, 0.15) is 16.1 Å². The van der Waals surface area contributed by atoms with Gasteiger partial charge in [-0.3, -0.25) is 4.79 Å². The average molecular weight is 284 g/mol. The fourth-order valence-corrected chi connectivity index (χ4v) is 2.48. The summed E-state index contributed by atoms with van der Waals surface area (Å²) in [6.45, 7) is 8.51. The number of carbonyl (C=O) groups excluding carboxylic acids is 1. The van der Waals surface area contributed by atoms with Gasteiger partial charge in [0.25, 0.3) is 0 Å². The minimum absolute atomic E-state index is 0.00130. The number of nitrogens with zero attached hydrogens (tertiary/aromatic N) is 2.